The van der Waals surface area contributed by atoms with Crippen molar-refractivity contribution in [2.24, 2.45) is 0 Å². The summed E-state index contributed by atoms with van der Waals surface area (Å²) in [5, 5.41) is 9.03. The number of aromatic hydroxyl groups is 1. The van der Waals surface area contributed by atoms with Crippen molar-refractivity contribution in [1.29, 1.82) is 0 Å². The van der Waals surface area contributed by atoms with E-state index in [1.807, 2.05) is 0 Å². The van der Waals surface area contributed by atoms with Gasteiger partial charge in [-0.15, -0.1) is 0 Å². The van der Waals surface area contributed by atoms with Crippen LogP contribution in [0.3, 0.4) is 0 Å². The summed E-state index contributed by atoms with van der Waals surface area (Å²) in [6.07, 6.45) is 0. The molecule has 0 bridgehead atoms. The van der Waals surface area contributed by atoms with E-state index in [0.29, 0.717) is 0 Å². The zero-order valence-corrected chi connectivity index (χ0v) is 7.70. The zero-order chi connectivity index (χ0) is 10.7. The molecule has 76 valence electrons. The van der Waals surface area contributed by atoms with Crippen molar-refractivity contribution in [2.45, 2.75) is 0 Å². The maximum Gasteiger partial charge on any atom is 0.341 e. The highest BCUT2D eigenvalue weighted by Gasteiger charge is 2.16. The van der Waals surface area contributed by atoms with Crippen molar-refractivity contribution in [1.82, 2.24) is 0 Å². The van der Waals surface area contributed by atoms with Gasteiger partial charge in [0.2, 0.25) is 0 Å². The fourth-order valence-corrected chi connectivity index (χ4v) is 0.982. The molecule has 0 heterocycles. The van der Waals surface area contributed by atoms with Gasteiger partial charge in [-0.2, -0.15) is 0 Å². The topological polar surface area (TPSA) is 55.8 Å². The average Bonchev–Trinajstić information content (AvgIpc) is 2.20. The number of ether oxygens (including phenoxy) is 2. The van der Waals surface area contributed by atoms with E-state index in [1.165, 1.54) is 14.2 Å². The number of phenolic OH excluding ortho intramolecular Hbond substituents is 1. The summed E-state index contributed by atoms with van der Waals surface area (Å²) in [6, 6.07) is 1.88. The molecule has 1 N–H and O–H groups in total. The number of hydrogen-bond donors (Lipinski definition) is 1. The molecule has 14 heavy (non-hydrogen) atoms. The Balaban J connectivity index is 3.27. The van der Waals surface area contributed by atoms with E-state index < -0.39 is 17.5 Å². The van der Waals surface area contributed by atoms with E-state index >= 15 is 0 Å². The first-order valence-corrected chi connectivity index (χ1v) is 3.75. The molecule has 0 aliphatic heterocycles. The summed E-state index contributed by atoms with van der Waals surface area (Å²) >= 11 is 0. The molecule has 1 rings (SSSR count). The second-order valence-corrected chi connectivity index (χ2v) is 2.50. The smallest absolute Gasteiger partial charge is 0.341 e. The first kappa shape index (κ1) is 10.3. The summed E-state index contributed by atoms with van der Waals surface area (Å²) in [7, 11) is 2.47. The van der Waals surface area contributed by atoms with Gasteiger partial charge in [0.1, 0.15) is 11.3 Å². The third-order valence-electron chi connectivity index (χ3n) is 1.67. The minimum absolute atomic E-state index is 0.0195. The van der Waals surface area contributed by atoms with Gasteiger partial charge in [-0.3, -0.25) is 0 Å². The van der Waals surface area contributed by atoms with Crippen LogP contribution >= 0.6 is 0 Å². The summed E-state index contributed by atoms with van der Waals surface area (Å²) < 4.78 is 22.0. The highest BCUT2D eigenvalue weighted by Crippen LogP contribution is 2.27. The summed E-state index contributed by atoms with van der Waals surface area (Å²) in [4.78, 5) is 11.1. The van der Waals surface area contributed by atoms with Crippen LogP contribution in [0.2, 0.25) is 0 Å². The lowest BCUT2D eigenvalue weighted by molar-refractivity contribution is 0.0596. The molecule has 4 nitrogen and oxygen atoms in total. The molecule has 0 spiro atoms. The molecule has 0 aliphatic rings. The average molecular weight is 200 g/mol. The first-order chi connectivity index (χ1) is 6.60. The number of hydrogen-bond acceptors (Lipinski definition) is 4. The molecule has 0 saturated carbocycles. The van der Waals surface area contributed by atoms with E-state index in [9.17, 15) is 9.18 Å². The van der Waals surface area contributed by atoms with Gasteiger partial charge in [-0.25, -0.2) is 9.18 Å². The fraction of sp³-hybridized carbons (Fsp3) is 0.222. The molecule has 0 amide bonds. The van der Waals surface area contributed by atoms with Crippen LogP contribution in [0.4, 0.5) is 4.39 Å². The van der Waals surface area contributed by atoms with E-state index in [1.54, 1.807) is 0 Å². The maximum absolute atomic E-state index is 12.8. The number of carbonyl (C=O) groups is 1. The summed E-state index contributed by atoms with van der Waals surface area (Å²) in [6.45, 7) is 0. The molecule has 0 fully saturated rings. The van der Waals surface area contributed by atoms with E-state index in [0.717, 1.165) is 12.1 Å². The van der Waals surface area contributed by atoms with Crippen LogP contribution < -0.4 is 4.74 Å². The SMILES string of the molecule is COC(=O)c1cc(O)c(F)cc1OC. The van der Waals surface area contributed by atoms with Crippen LogP contribution in [0.5, 0.6) is 11.5 Å². The Labute approximate surface area is 79.9 Å². The Morgan fingerprint density at radius 1 is 1.43 bits per heavy atom. The Morgan fingerprint density at radius 3 is 2.57 bits per heavy atom. The zero-order valence-electron chi connectivity index (χ0n) is 7.70. The number of phenols is 1. The van der Waals surface area contributed by atoms with Gasteiger partial charge in [0.15, 0.2) is 11.6 Å². The Morgan fingerprint density at radius 2 is 2.07 bits per heavy atom. The van der Waals surface area contributed by atoms with E-state index in [4.69, 9.17) is 9.84 Å². The molecular formula is C9H9FO4. The number of halogens is 1. The Kier molecular flexibility index (Phi) is 2.91. The lowest BCUT2D eigenvalue weighted by Gasteiger charge is -2.07. The van der Waals surface area contributed by atoms with Crippen molar-refractivity contribution in [3.05, 3.63) is 23.5 Å². The molecule has 0 aliphatic carbocycles. The van der Waals surface area contributed by atoms with Crippen molar-refractivity contribution >= 4 is 5.97 Å². The maximum atomic E-state index is 12.8. The molecule has 0 aromatic heterocycles. The lowest BCUT2D eigenvalue weighted by atomic mass is 10.2. The number of methoxy groups -OCH3 is 2. The van der Waals surface area contributed by atoms with E-state index in [-0.39, 0.29) is 11.3 Å². The molecule has 0 saturated heterocycles. The highest BCUT2D eigenvalue weighted by molar-refractivity contribution is 5.92. The number of carbonyl (C=O) groups excluding carboxylic acids is 1. The third-order valence-corrected chi connectivity index (χ3v) is 1.67. The van der Waals surface area contributed by atoms with Gasteiger partial charge in [0, 0.05) is 12.1 Å². The number of benzene rings is 1. The van der Waals surface area contributed by atoms with Crippen LogP contribution in [0.1, 0.15) is 10.4 Å². The second kappa shape index (κ2) is 3.95. The monoisotopic (exact) mass is 200 g/mol. The van der Waals surface area contributed by atoms with Crippen molar-refractivity contribution in [2.75, 3.05) is 14.2 Å². The summed E-state index contributed by atoms with van der Waals surface area (Å²) in [5.41, 5.74) is -0.0195. The van der Waals surface area contributed by atoms with Gasteiger partial charge in [-0.05, 0) is 0 Å². The minimum atomic E-state index is -0.852. The normalized spacial score (nSPS) is 9.64. The second-order valence-electron chi connectivity index (χ2n) is 2.50. The molecule has 0 atom stereocenters. The van der Waals surface area contributed by atoms with Crippen LogP contribution in [0.15, 0.2) is 12.1 Å². The molecule has 5 heteroatoms. The molecule has 1 aromatic carbocycles. The van der Waals surface area contributed by atoms with Crippen molar-refractivity contribution in [3.63, 3.8) is 0 Å². The molecule has 0 radical (unpaired) electrons. The van der Waals surface area contributed by atoms with E-state index in [2.05, 4.69) is 4.74 Å². The van der Waals surface area contributed by atoms with Gasteiger partial charge < -0.3 is 14.6 Å². The highest BCUT2D eigenvalue weighted by atomic mass is 19.1. The van der Waals surface area contributed by atoms with Gasteiger partial charge in [-0.1, -0.05) is 0 Å². The van der Waals surface area contributed by atoms with Crippen LogP contribution in [0, 0.1) is 5.82 Å². The quantitative estimate of drug-likeness (QED) is 0.731. The predicted molar refractivity (Wildman–Crippen MR) is 46.0 cm³/mol. The standard InChI is InChI=1S/C9H9FO4/c1-13-8-4-6(10)7(11)3-5(8)9(12)14-2/h3-4,11H,1-2H3. The predicted octanol–water partition coefficient (Wildman–Crippen LogP) is 1.33. The van der Waals surface area contributed by atoms with Crippen LogP contribution in [-0.2, 0) is 4.74 Å². The Hall–Kier alpha value is -1.78. The lowest BCUT2D eigenvalue weighted by Crippen LogP contribution is -2.04. The number of rotatable bonds is 2. The van der Waals surface area contributed by atoms with Crippen molar-refractivity contribution < 1.29 is 23.8 Å². The largest absolute Gasteiger partial charge is 0.505 e. The van der Waals surface area contributed by atoms with Crippen molar-refractivity contribution in [3.8, 4) is 11.5 Å². The molecule has 1 aromatic rings. The van der Waals surface area contributed by atoms with Gasteiger partial charge in [0.05, 0.1) is 14.2 Å². The number of esters is 1. The van der Waals surface area contributed by atoms with Crippen LogP contribution in [0.25, 0.3) is 0 Å². The van der Waals surface area contributed by atoms with Gasteiger partial charge >= 0.3 is 5.97 Å². The van der Waals surface area contributed by atoms with Gasteiger partial charge in [0.25, 0.3) is 0 Å². The summed E-state index contributed by atoms with van der Waals surface area (Å²) in [5.74, 6) is -2.15. The first-order valence-electron chi connectivity index (χ1n) is 3.75. The third kappa shape index (κ3) is 1.76. The molecular weight excluding hydrogens is 191 g/mol. The minimum Gasteiger partial charge on any atom is -0.505 e. The fourth-order valence-electron chi connectivity index (χ4n) is 0.982. The molecule has 0 unspecified atom stereocenters. The van der Waals surface area contributed by atoms with Crippen LogP contribution in [-0.4, -0.2) is 25.3 Å². The Bertz CT molecular complexity index is 362.